The second-order valence-corrected chi connectivity index (χ2v) is 14.7. The van der Waals surface area contributed by atoms with E-state index >= 15 is 0 Å². The molecule has 10 aromatic carbocycles. The maximum atomic E-state index is 7.04. The molecule has 0 fully saturated rings. The second-order valence-electron chi connectivity index (χ2n) is 14.7. The van der Waals surface area contributed by atoms with Crippen LogP contribution in [-0.4, -0.2) is 0 Å². The number of para-hydroxylation sites is 1. The van der Waals surface area contributed by atoms with Crippen LogP contribution in [0, 0.1) is 0 Å². The molecule has 0 radical (unpaired) electrons. The first kappa shape index (κ1) is 31.0. The summed E-state index contributed by atoms with van der Waals surface area (Å²) in [5, 5.41) is 11.7. The molecule has 0 aliphatic heterocycles. The largest absolute Gasteiger partial charge is 0.456 e. The summed E-state index contributed by atoms with van der Waals surface area (Å²) in [5.74, 6) is 0. The van der Waals surface area contributed by atoms with E-state index in [0.29, 0.717) is 0 Å². The van der Waals surface area contributed by atoms with Gasteiger partial charge in [-0.1, -0.05) is 170 Å². The predicted octanol–water partition coefficient (Wildman–Crippen LogP) is 15.6. The topological polar surface area (TPSA) is 26.3 Å². The summed E-state index contributed by atoms with van der Waals surface area (Å²) < 4.78 is 13.4. The predicted molar refractivity (Wildman–Crippen MR) is 235 cm³/mol. The van der Waals surface area contributed by atoms with Gasteiger partial charge < -0.3 is 8.83 Å². The van der Waals surface area contributed by atoms with Gasteiger partial charge >= 0.3 is 0 Å². The lowest BCUT2D eigenvalue weighted by molar-refractivity contribution is 0.657. The Kier molecular flexibility index (Phi) is 6.66. The van der Waals surface area contributed by atoms with Crippen LogP contribution in [0.5, 0.6) is 0 Å². The minimum Gasteiger partial charge on any atom is -0.456 e. The zero-order valence-corrected chi connectivity index (χ0v) is 30.3. The average molecular weight is 713 g/mol. The highest BCUT2D eigenvalue weighted by molar-refractivity contribution is 6.26. The molecule has 0 aliphatic carbocycles. The SMILES string of the molecule is c1ccc(-c2ccc(-c3c4ccccc4c(-c4ccc(-c5cccc6ccccc56)cc4)c4ccccc34)c3oc4cc5oc6ccccc6c5cc4c23)cc1. The zero-order chi connectivity index (χ0) is 36.7. The average Bonchev–Trinajstić information content (AvgIpc) is 3.82. The zero-order valence-electron chi connectivity index (χ0n) is 30.3. The number of benzene rings is 10. The monoisotopic (exact) mass is 712 g/mol. The van der Waals surface area contributed by atoms with Crippen molar-refractivity contribution >= 4 is 76.2 Å². The Labute approximate surface area is 322 Å². The number of hydrogen-bond acceptors (Lipinski definition) is 2. The molecule has 0 N–H and O–H groups in total. The first-order valence-electron chi connectivity index (χ1n) is 19.2. The van der Waals surface area contributed by atoms with Gasteiger partial charge in [0, 0.05) is 38.7 Å². The molecule has 56 heavy (non-hydrogen) atoms. The van der Waals surface area contributed by atoms with Crippen molar-refractivity contribution in [3.05, 3.63) is 194 Å². The fourth-order valence-corrected chi connectivity index (χ4v) is 9.18. The van der Waals surface area contributed by atoms with E-state index in [1.54, 1.807) is 0 Å². The fraction of sp³-hybridized carbons (Fsp3) is 0. The molecule has 2 heterocycles. The summed E-state index contributed by atoms with van der Waals surface area (Å²) in [5.41, 5.74) is 12.8. The number of fused-ring (bicyclic) bond motifs is 9. The number of furan rings is 2. The molecule has 0 amide bonds. The van der Waals surface area contributed by atoms with E-state index in [1.807, 2.05) is 12.1 Å². The van der Waals surface area contributed by atoms with Gasteiger partial charge in [0.15, 0.2) is 0 Å². The third kappa shape index (κ3) is 4.57. The minimum absolute atomic E-state index is 0.813. The molecule has 260 valence electrons. The van der Waals surface area contributed by atoms with Crippen LogP contribution < -0.4 is 0 Å². The second kappa shape index (κ2) is 12.0. The lowest BCUT2D eigenvalue weighted by Gasteiger charge is -2.18. The maximum absolute atomic E-state index is 7.04. The summed E-state index contributed by atoms with van der Waals surface area (Å²) in [6, 6.07) is 69.8. The van der Waals surface area contributed by atoms with Crippen LogP contribution in [0.3, 0.4) is 0 Å². The van der Waals surface area contributed by atoms with Crippen molar-refractivity contribution in [2.45, 2.75) is 0 Å². The molecule has 0 saturated heterocycles. The van der Waals surface area contributed by atoms with Crippen molar-refractivity contribution in [1.82, 2.24) is 0 Å². The van der Waals surface area contributed by atoms with Crippen LogP contribution in [-0.2, 0) is 0 Å². The molecular formula is C54H32O2. The Hall–Kier alpha value is -7.42. The molecule has 0 aliphatic rings. The summed E-state index contributed by atoms with van der Waals surface area (Å²) in [6.07, 6.45) is 0. The Morgan fingerprint density at radius 1 is 0.268 bits per heavy atom. The third-order valence-corrected chi connectivity index (χ3v) is 11.7. The van der Waals surface area contributed by atoms with Gasteiger partial charge in [0.25, 0.3) is 0 Å². The van der Waals surface area contributed by atoms with Gasteiger partial charge in [0.1, 0.15) is 22.3 Å². The normalized spacial score (nSPS) is 11.9. The van der Waals surface area contributed by atoms with E-state index in [2.05, 4.69) is 182 Å². The first-order valence-corrected chi connectivity index (χ1v) is 19.2. The van der Waals surface area contributed by atoms with Crippen molar-refractivity contribution < 1.29 is 8.83 Å². The highest BCUT2D eigenvalue weighted by Gasteiger charge is 2.23. The van der Waals surface area contributed by atoms with Gasteiger partial charge in [-0.3, -0.25) is 0 Å². The highest BCUT2D eigenvalue weighted by atomic mass is 16.3. The maximum Gasteiger partial charge on any atom is 0.143 e. The van der Waals surface area contributed by atoms with Crippen LogP contribution in [0.25, 0.3) is 121 Å². The molecule has 2 nitrogen and oxygen atoms in total. The number of rotatable bonds is 4. The number of hydrogen-bond donors (Lipinski definition) is 0. The molecular weight excluding hydrogens is 681 g/mol. The minimum atomic E-state index is 0.813. The van der Waals surface area contributed by atoms with Crippen molar-refractivity contribution in [3.8, 4) is 44.5 Å². The van der Waals surface area contributed by atoms with Crippen molar-refractivity contribution in [1.29, 1.82) is 0 Å². The van der Waals surface area contributed by atoms with E-state index in [4.69, 9.17) is 8.83 Å². The molecule has 0 atom stereocenters. The van der Waals surface area contributed by atoms with Crippen molar-refractivity contribution in [2.75, 3.05) is 0 Å². The molecule has 2 aromatic heterocycles. The van der Waals surface area contributed by atoms with Crippen molar-refractivity contribution in [2.24, 2.45) is 0 Å². The summed E-state index contributed by atoms with van der Waals surface area (Å²) >= 11 is 0. The Bertz CT molecular complexity index is 3450. The lowest BCUT2D eigenvalue weighted by Crippen LogP contribution is -1.92. The molecule has 0 saturated carbocycles. The molecule has 0 unspecified atom stereocenters. The van der Waals surface area contributed by atoms with Crippen LogP contribution in [0.4, 0.5) is 0 Å². The van der Waals surface area contributed by atoms with E-state index in [-0.39, 0.29) is 0 Å². The van der Waals surface area contributed by atoms with Crippen molar-refractivity contribution in [3.63, 3.8) is 0 Å². The summed E-state index contributed by atoms with van der Waals surface area (Å²) in [7, 11) is 0. The summed E-state index contributed by atoms with van der Waals surface area (Å²) in [6.45, 7) is 0. The van der Waals surface area contributed by atoms with E-state index in [9.17, 15) is 0 Å². The van der Waals surface area contributed by atoms with Crippen LogP contribution in [0.1, 0.15) is 0 Å². The molecule has 0 bridgehead atoms. The Morgan fingerprint density at radius 3 is 1.57 bits per heavy atom. The van der Waals surface area contributed by atoms with Crippen LogP contribution >= 0.6 is 0 Å². The van der Waals surface area contributed by atoms with Gasteiger partial charge in [-0.25, -0.2) is 0 Å². The van der Waals surface area contributed by atoms with E-state index in [1.165, 1.54) is 60.1 Å². The van der Waals surface area contributed by atoms with Crippen LogP contribution in [0.2, 0.25) is 0 Å². The van der Waals surface area contributed by atoms with Gasteiger partial charge in [0.05, 0.1) is 0 Å². The quantitative estimate of drug-likeness (QED) is 0.170. The van der Waals surface area contributed by atoms with Gasteiger partial charge in [-0.15, -0.1) is 0 Å². The first-order chi connectivity index (χ1) is 27.8. The van der Waals surface area contributed by atoms with Gasteiger partial charge in [-0.2, -0.15) is 0 Å². The van der Waals surface area contributed by atoms with E-state index < -0.39 is 0 Å². The Morgan fingerprint density at radius 2 is 0.821 bits per heavy atom. The molecule has 2 heteroatoms. The van der Waals surface area contributed by atoms with Gasteiger partial charge in [-0.05, 0) is 83.9 Å². The van der Waals surface area contributed by atoms with Gasteiger partial charge in [0.2, 0.25) is 0 Å². The highest BCUT2D eigenvalue weighted by Crippen LogP contribution is 2.49. The third-order valence-electron chi connectivity index (χ3n) is 11.7. The molecule has 12 aromatic rings. The summed E-state index contributed by atoms with van der Waals surface area (Å²) in [4.78, 5) is 0. The lowest BCUT2D eigenvalue weighted by atomic mass is 9.84. The standard InChI is InChI=1S/C54H32O2/c1-2-13-34(14-3-1)39-29-30-45(54-53(39)47-31-46-40-18-10-11-24-48(40)55-49(46)32-50(47)56-54)52-43-21-8-6-19-41(43)51(42-20-7-9-22-44(42)52)36-27-25-35(26-28-36)38-23-12-16-33-15-4-5-17-37(33)38/h1-32H. The Balaban J connectivity index is 1.12. The fourth-order valence-electron chi connectivity index (χ4n) is 9.18. The molecule has 12 rings (SSSR count). The molecule has 0 spiro atoms. The van der Waals surface area contributed by atoms with Crippen LogP contribution in [0.15, 0.2) is 203 Å². The smallest absolute Gasteiger partial charge is 0.143 e. The van der Waals surface area contributed by atoms with E-state index in [0.717, 1.165) is 60.6 Å².